The molecule has 0 radical (unpaired) electrons. The molecule has 8 heteroatoms. The predicted octanol–water partition coefficient (Wildman–Crippen LogP) is 2.00. The highest BCUT2D eigenvalue weighted by atomic mass is 16.5. The molecule has 6 atom stereocenters. The van der Waals surface area contributed by atoms with E-state index in [1.54, 1.807) is 4.90 Å². The summed E-state index contributed by atoms with van der Waals surface area (Å²) in [4.78, 5) is 42.8. The maximum Gasteiger partial charge on any atom is 0.246 e. The van der Waals surface area contributed by atoms with Crippen LogP contribution in [0.4, 0.5) is 0 Å². The van der Waals surface area contributed by atoms with Crippen LogP contribution in [0.15, 0.2) is 30.3 Å². The van der Waals surface area contributed by atoms with Gasteiger partial charge in [0.1, 0.15) is 11.6 Å². The molecule has 0 aliphatic carbocycles. The van der Waals surface area contributed by atoms with Crippen LogP contribution in [-0.4, -0.2) is 64.2 Å². The van der Waals surface area contributed by atoms with Crippen molar-refractivity contribution in [3.8, 4) is 0 Å². The molecular weight excluding hydrogens is 446 g/mol. The zero-order valence-corrected chi connectivity index (χ0v) is 21.3. The largest absolute Gasteiger partial charge is 0.394 e. The van der Waals surface area contributed by atoms with Crippen molar-refractivity contribution >= 4 is 17.7 Å². The molecule has 0 saturated carbocycles. The van der Waals surface area contributed by atoms with Crippen molar-refractivity contribution in [3.63, 3.8) is 0 Å². The Balaban J connectivity index is 1.73. The average molecular weight is 486 g/mol. The van der Waals surface area contributed by atoms with E-state index in [1.807, 2.05) is 58.0 Å². The molecule has 1 spiro atoms. The van der Waals surface area contributed by atoms with Crippen LogP contribution >= 0.6 is 0 Å². The molecule has 192 valence electrons. The normalized spacial score (nSPS) is 32.1. The van der Waals surface area contributed by atoms with E-state index in [2.05, 4.69) is 10.6 Å². The van der Waals surface area contributed by atoms with Gasteiger partial charge in [-0.05, 0) is 37.2 Å². The molecule has 1 aromatic carbocycles. The van der Waals surface area contributed by atoms with Crippen molar-refractivity contribution in [2.24, 2.45) is 17.8 Å². The van der Waals surface area contributed by atoms with Crippen molar-refractivity contribution in [1.29, 1.82) is 0 Å². The first-order valence-corrected chi connectivity index (χ1v) is 13.0. The van der Waals surface area contributed by atoms with E-state index < -0.39 is 35.1 Å². The second kappa shape index (κ2) is 9.90. The highest BCUT2D eigenvalue weighted by Gasteiger charge is 2.79. The zero-order valence-electron chi connectivity index (χ0n) is 21.3. The van der Waals surface area contributed by atoms with Gasteiger partial charge in [-0.1, -0.05) is 58.0 Å². The number of benzene rings is 1. The average Bonchev–Trinajstić information content (AvgIpc) is 3.46. The summed E-state index contributed by atoms with van der Waals surface area (Å²) in [5.41, 5.74) is -0.883. The lowest BCUT2D eigenvalue weighted by Crippen LogP contribution is -2.58. The molecule has 3 fully saturated rings. The molecule has 3 aliphatic rings. The Morgan fingerprint density at radius 2 is 1.86 bits per heavy atom. The van der Waals surface area contributed by atoms with Crippen LogP contribution in [0.3, 0.4) is 0 Å². The second-order valence-electron chi connectivity index (χ2n) is 10.6. The lowest BCUT2D eigenvalue weighted by Gasteiger charge is -2.38. The molecule has 2 bridgehead atoms. The van der Waals surface area contributed by atoms with Gasteiger partial charge in [-0.2, -0.15) is 0 Å². The number of nitrogens with zero attached hydrogens (tertiary/aromatic N) is 1. The number of fused-ring (bicyclic) bond motifs is 1. The van der Waals surface area contributed by atoms with Gasteiger partial charge in [0, 0.05) is 13.1 Å². The van der Waals surface area contributed by atoms with Gasteiger partial charge in [0.25, 0.3) is 0 Å². The zero-order chi connectivity index (χ0) is 25.4. The number of hydrogen-bond donors (Lipinski definition) is 3. The third-order valence-corrected chi connectivity index (χ3v) is 8.32. The number of ether oxygens (including phenoxy) is 1. The predicted molar refractivity (Wildman–Crippen MR) is 131 cm³/mol. The monoisotopic (exact) mass is 485 g/mol. The highest BCUT2D eigenvalue weighted by Crippen LogP contribution is 2.64. The molecule has 0 aromatic heterocycles. The number of aliphatic hydroxyl groups excluding tert-OH is 1. The van der Waals surface area contributed by atoms with E-state index in [0.717, 1.165) is 12.0 Å². The summed E-state index contributed by atoms with van der Waals surface area (Å²) in [5.74, 6) is -2.21. The molecule has 35 heavy (non-hydrogen) atoms. The summed E-state index contributed by atoms with van der Waals surface area (Å²) in [7, 11) is 0. The Morgan fingerprint density at radius 1 is 1.14 bits per heavy atom. The molecule has 3 N–H and O–H groups in total. The minimum atomic E-state index is -1.08. The second-order valence-corrected chi connectivity index (χ2v) is 10.6. The Morgan fingerprint density at radius 3 is 2.46 bits per heavy atom. The van der Waals surface area contributed by atoms with Crippen molar-refractivity contribution < 1.29 is 24.2 Å². The highest BCUT2D eigenvalue weighted by molar-refractivity contribution is 5.99. The van der Waals surface area contributed by atoms with Crippen molar-refractivity contribution in [2.75, 3.05) is 13.2 Å². The summed E-state index contributed by atoms with van der Waals surface area (Å²) >= 11 is 0. The number of nitrogens with one attached hydrogen (secondary N) is 2. The molecule has 2 unspecified atom stereocenters. The lowest BCUT2D eigenvalue weighted by molar-refractivity contribution is -0.152. The summed E-state index contributed by atoms with van der Waals surface area (Å²) in [6, 6.07) is 8.15. The van der Waals surface area contributed by atoms with Gasteiger partial charge >= 0.3 is 0 Å². The van der Waals surface area contributed by atoms with E-state index in [-0.39, 0.29) is 30.2 Å². The van der Waals surface area contributed by atoms with Crippen molar-refractivity contribution in [3.05, 3.63) is 35.9 Å². The number of carbonyl (C=O) groups excluding carboxylic acids is 3. The van der Waals surface area contributed by atoms with Gasteiger partial charge in [-0.25, -0.2) is 0 Å². The summed E-state index contributed by atoms with van der Waals surface area (Å²) < 4.78 is 6.73. The molecule has 1 aromatic rings. The van der Waals surface area contributed by atoms with E-state index in [9.17, 15) is 19.5 Å². The first-order valence-electron chi connectivity index (χ1n) is 13.0. The number of likely N-dealkylation sites (tertiary alicyclic amines) is 1. The molecule has 3 amide bonds. The standard InChI is InChI=1S/C27H39N3O5/c1-5-14-28-23(32)20-21-25(34)30(19(16-31)17(3)4)22(27(21)13-12-26(20,6-2)35-27)24(33)29-15-18-10-8-7-9-11-18/h7-11,17,19-22,31H,5-6,12-16H2,1-4H3,(H,28,32)(H,29,33)/t19-,20-,21-,22?,26+,27?/m0/s1. The number of hydrogen-bond acceptors (Lipinski definition) is 5. The lowest BCUT2D eigenvalue weighted by atomic mass is 9.65. The SMILES string of the molecule is CCCNC(=O)[C@@H]1[C@H]2C(=O)N([C@@H](CO)C(C)C)C(C(=O)NCc3ccccc3)C23CC[C@@]1(CC)O3. The molecule has 8 nitrogen and oxygen atoms in total. The Labute approximate surface area is 207 Å². The van der Waals surface area contributed by atoms with Crippen LogP contribution in [0.2, 0.25) is 0 Å². The van der Waals surface area contributed by atoms with Gasteiger partial charge in [0.15, 0.2) is 0 Å². The van der Waals surface area contributed by atoms with Gasteiger partial charge in [0.2, 0.25) is 17.7 Å². The molecular formula is C27H39N3O5. The third-order valence-electron chi connectivity index (χ3n) is 8.32. The van der Waals surface area contributed by atoms with Crippen LogP contribution in [0.1, 0.15) is 58.9 Å². The van der Waals surface area contributed by atoms with E-state index in [4.69, 9.17) is 4.74 Å². The Bertz CT molecular complexity index is 953. The Kier molecular flexibility index (Phi) is 7.25. The van der Waals surface area contributed by atoms with Crippen molar-refractivity contribution in [2.45, 2.75) is 83.2 Å². The number of rotatable bonds is 10. The number of amides is 3. The number of carbonyl (C=O) groups is 3. The smallest absolute Gasteiger partial charge is 0.246 e. The molecule has 3 aliphatic heterocycles. The maximum atomic E-state index is 14.1. The van der Waals surface area contributed by atoms with Crippen LogP contribution in [-0.2, 0) is 25.7 Å². The van der Waals surface area contributed by atoms with E-state index in [0.29, 0.717) is 32.4 Å². The van der Waals surface area contributed by atoms with Crippen LogP contribution in [0.5, 0.6) is 0 Å². The molecule has 3 heterocycles. The summed E-state index contributed by atoms with van der Waals surface area (Å²) in [6.07, 6.45) is 2.54. The van der Waals surface area contributed by atoms with Gasteiger partial charge in [0.05, 0.1) is 30.1 Å². The van der Waals surface area contributed by atoms with E-state index >= 15 is 0 Å². The molecule has 3 saturated heterocycles. The van der Waals surface area contributed by atoms with Gasteiger partial charge in [-0.15, -0.1) is 0 Å². The minimum Gasteiger partial charge on any atom is -0.394 e. The third kappa shape index (κ3) is 4.04. The Hall–Kier alpha value is -2.45. The van der Waals surface area contributed by atoms with Crippen LogP contribution in [0.25, 0.3) is 0 Å². The van der Waals surface area contributed by atoms with E-state index in [1.165, 1.54) is 0 Å². The molecule has 4 rings (SSSR count). The first-order chi connectivity index (χ1) is 16.8. The summed E-state index contributed by atoms with van der Waals surface area (Å²) in [6.45, 7) is 8.41. The fourth-order valence-corrected chi connectivity index (χ4v) is 6.57. The minimum absolute atomic E-state index is 0.0756. The van der Waals surface area contributed by atoms with Crippen LogP contribution < -0.4 is 10.6 Å². The van der Waals surface area contributed by atoms with Gasteiger partial charge < -0.3 is 25.4 Å². The fourth-order valence-electron chi connectivity index (χ4n) is 6.57. The maximum absolute atomic E-state index is 14.1. The summed E-state index contributed by atoms with van der Waals surface area (Å²) in [5, 5.41) is 16.2. The quantitative estimate of drug-likeness (QED) is 0.470. The number of aliphatic hydroxyl groups is 1. The first kappa shape index (κ1) is 25.6. The fraction of sp³-hybridized carbons (Fsp3) is 0.667. The van der Waals surface area contributed by atoms with Crippen molar-refractivity contribution in [1.82, 2.24) is 15.5 Å². The van der Waals surface area contributed by atoms with Crippen LogP contribution in [0, 0.1) is 17.8 Å². The van der Waals surface area contributed by atoms with Gasteiger partial charge in [-0.3, -0.25) is 14.4 Å². The topological polar surface area (TPSA) is 108 Å².